The Kier molecular flexibility index (Phi) is 8.08. The first-order valence-electron chi connectivity index (χ1n) is 9.42. The van der Waals surface area contributed by atoms with Gasteiger partial charge in [0.05, 0.1) is 12.2 Å². The van der Waals surface area contributed by atoms with Gasteiger partial charge in [0.1, 0.15) is 10.6 Å². The summed E-state index contributed by atoms with van der Waals surface area (Å²) in [5.74, 6) is -0.406. The smallest absolute Gasteiger partial charge is 0.383 e. The number of nitrogens with zero attached hydrogens (tertiary/aromatic N) is 1. The minimum absolute atomic E-state index is 0.0707. The Balaban J connectivity index is 2.24. The van der Waals surface area contributed by atoms with Gasteiger partial charge in [-0.3, -0.25) is 4.79 Å². The van der Waals surface area contributed by atoms with E-state index in [9.17, 15) is 26.4 Å². The molecule has 0 heterocycles. The van der Waals surface area contributed by atoms with Gasteiger partial charge < -0.3 is 13.8 Å². The molecule has 0 spiro atoms. The third-order valence-corrected chi connectivity index (χ3v) is 5.54. The van der Waals surface area contributed by atoms with Gasteiger partial charge in [-0.15, -0.1) is 0 Å². The molecule has 1 amide bonds. The van der Waals surface area contributed by atoms with Gasteiger partial charge in [-0.1, -0.05) is 32.0 Å². The van der Waals surface area contributed by atoms with Gasteiger partial charge in [-0.25, -0.2) is 0 Å². The second kappa shape index (κ2) is 10.1. The van der Waals surface area contributed by atoms with Crippen LogP contribution in [0.4, 0.5) is 13.2 Å². The molecule has 31 heavy (non-hydrogen) atoms. The van der Waals surface area contributed by atoms with E-state index in [1.807, 2.05) is 0 Å². The van der Waals surface area contributed by atoms with E-state index >= 15 is 0 Å². The number of carbonyl (C=O) groups is 1. The van der Waals surface area contributed by atoms with Crippen molar-refractivity contribution in [2.45, 2.75) is 31.5 Å². The summed E-state index contributed by atoms with van der Waals surface area (Å²) < 4.78 is 73.7. The summed E-state index contributed by atoms with van der Waals surface area (Å²) >= 11 is 0. The quantitative estimate of drug-likeness (QED) is 0.528. The molecule has 0 radical (unpaired) electrons. The van der Waals surface area contributed by atoms with Crippen molar-refractivity contribution in [3.63, 3.8) is 0 Å². The van der Waals surface area contributed by atoms with E-state index in [0.29, 0.717) is 24.8 Å². The normalized spacial score (nSPS) is 12.1. The van der Waals surface area contributed by atoms with Gasteiger partial charge in [0.2, 0.25) is 5.91 Å². The summed E-state index contributed by atoms with van der Waals surface area (Å²) in [6.07, 6.45) is -4.68. The number of benzene rings is 2. The van der Waals surface area contributed by atoms with Crippen molar-refractivity contribution < 1.29 is 35.3 Å². The van der Waals surface area contributed by atoms with E-state index in [2.05, 4.69) is 0 Å². The van der Waals surface area contributed by atoms with Crippen LogP contribution in [0.25, 0.3) is 0 Å². The molecule has 0 bridgehead atoms. The Hall–Kier alpha value is -2.59. The molecule has 2 rings (SSSR count). The van der Waals surface area contributed by atoms with E-state index in [1.54, 1.807) is 30.9 Å². The lowest BCUT2D eigenvalue weighted by atomic mass is 10.1. The molecule has 0 saturated heterocycles. The summed E-state index contributed by atoms with van der Waals surface area (Å²) in [4.78, 5) is 13.4. The molecule has 0 unspecified atom stereocenters. The number of halogens is 3. The minimum atomic E-state index is -4.68. The minimum Gasteiger partial charge on any atom is -0.383 e. The number of methoxy groups -OCH3 is 1. The number of rotatable bonds is 9. The van der Waals surface area contributed by atoms with Crippen molar-refractivity contribution in [2.24, 2.45) is 5.92 Å². The second-order valence-electron chi connectivity index (χ2n) is 7.12. The lowest BCUT2D eigenvalue weighted by molar-refractivity contribution is -0.138. The molecule has 0 aromatic heterocycles. The fraction of sp³-hybridized carbons (Fsp3) is 0.381. The maximum absolute atomic E-state index is 12.9. The average molecular weight is 459 g/mol. The van der Waals surface area contributed by atoms with Gasteiger partial charge >= 0.3 is 16.3 Å². The fourth-order valence-electron chi connectivity index (χ4n) is 2.75. The Labute approximate surface area is 179 Å². The Morgan fingerprint density at radius 1 is 1.10 bits per heavy atom. The average Bonchev–Trinajstić information content (AvgIpc) is 2.70. The van der Waals surface area contributed by atoms with E-state index in [0.717, 1.165) is 18.2 Å². The summed E-state index contributed by atoms with van der Waals surface area (Å²) in [6.45, 7) is 4.41. The van der Waals surface area contributed by atoms with Gasteiger partial charge in [0.15, 0.2) is 0 Å². The predicted molar refractivity (Wildman–Crippen MR) is 108 cm³/mol. The van der Waals surface area contributed by atoms with Crippen molar-refractivity contribution in [2.75, 3.05) is 20.3 Å². The molecule has 0 aliphatic rings. The van der Waals surface area contributed by atoms with Gasteiger partial charge in [-0.05, 0) is 35.9 Å². The molecule has 2 aromatic carbocycles. The van der Waals surface area contributed by atoms with E-state index in [1.165, 1.54) is 19.2 Å². The lowest BCUT2D eigenvalue weighted by Crippen LogP contribution is -2.36. The number of carbonyl (C=O) groups excluding carboxylic acids is 1. The number of alkyl halides is 3. The predicted octanol–water partition coefficient (Wildman–Crippen LogP) is 4.10. The van der Waals surface area contributed by atoms with Crippen LogP contribution in [0, 0.1) is 5.92 Å². The maximum atomic E-state index is 12.9. The van der Waals surface area contributed by atoms with Crippen molar-refractivity contribution in [1.82, 2.24) is 4.90 Å². The van der Waals surface area contributed by atoms with Crippen LogP contribution >= 0.6 is 0 Å². The SMILES string of the molecule is COCCN(Cc1cccc(OS(=O)(=O)c2cccc(C(F)(F)F)c2)c1)C(=O)C(C)C. The number of hydrogen-bond donors (Lipinski definition) is 0. The molecule has 10 heteroatoms. The molecule has 2 aromatic rings. The van der Waals surface area contributed by atoms with Crippen molar-refractivity contribution >= 4 is 16.0 Å². The largest absolute Gasteiger partial charge is 0.416 e. The molecule has 0 fully saturated rings. The van der Waals surface area contributed by atoms with Crippen LogP contribution in [0.5, 0.6) is 5.75 Å². The molecule has 0 aliphatic heterocycles. The zero-order valence-electron chi connectivity index (χ0n) is 17.3. The highest BCUT2D eigenvalue weighted by Crippen LogP contribution is 2.31. The van der Waals surface area contributed by atoms with Crippen LogP contribution in [0.3, 0.4) is 0 Å². The van der Waals surface area contributed by atoms with Crippen molar-refractivity contribution in [1.29, 1.82) is 0 Å². The van der Waals surface area contributed by atoms with Gasteiger partial charge in [-0.2, -0.15) is 21.6 Å². The van der Waals surface area contributed by atoms with Gasteiger partial charge in [0.25, 0.3) is 0 Å². The second-order valence-corrected chi connectivity index (χ2v) is 8.66. The molecule has 0 saturated carbocycles. The Morgan fingerprint density at radius 2 is 1.77 bits per heavy atom. The third-order valence-electron chi connectivity index (χ3n) is 4.30. The molecule has 0 aliphatic carbocycles. The zero-order valence-corrected chi connectivity index (χ0v) is 18.2. The standard InChI is InChI=1S/C21H24F3NO5S/c1-15(2)20(26)25(10-11-29-3)14-16-6-4-8-18(12-16)30-31(27,28)19-9-5-7-17(13-19)21(22,23)24/h4-9,12-13,15H,10-11,14H2,1-3H3. The lowest BCUT2D eigenvalue weighted by Gasteiger charge is -2.24. The van der Waals surface area contributed by atoms with E-state index < -0.39 is 26.8 Å². The first-order chi connectivity index (χ1) is 14.4. The Morgan fingerprint density at radius 3 is 2.39 bits per heavy atom. The van der Waals surface area contributed by atoms with Crippen molar-refractivity contribution in [3.05, 3.63) is 59.7 Å². The topological polar surface area (TPSA) is 72.9 Å². The van der Waals surface area contributed by atoms with Crippen LogP contribution in [-0.2, 0) is 32.4 Å². The summed E-state index contributed by atoms with van der Waals surface area (Å²) in [7, 11) is -2.97. The Bertz CT molecular complexity index is 1010. The number of amides is 1. The monoisotopic (exact) mass is 459 g/mol. The zero-order chi connectivity index (χ0) is 23.2. The summed E-state index contributed by atoms with van der Waals surface area (Å²) in [6, 6.07) is 9.37. The van der Waals surface area contributed by atoms with Gasteiger partial charge in [0, 0.05) is 26.1 Å². The third kappa shape index (κ3) is 6.96. The molecule has 0 N–H and O–H groups in total. The van der Waals surface area contributed by atoms with Crippen LogP contribution in [0.15, 0.2) is 53.4 Å². The van der Waals surface area contributed by atoms with E-state index in [4.69, 9.17) is 8.92 Å². The number of ether oxygens (including phenoxy) is 1. The van der Waals surface area contributed by atoms with Crippen LogP contribution in [0.1, 0.15) is 25.0 Å². The highest BCUT2D eigenvalue weighted by molar-refractivity contribution is 7.87. The molecule has 170 valence electrons. The van der Waals surface area contributed by atoms with Crippen LogP contribution in [0.2, 0.25) is 0 Å². The van der Waals surface area contributed by atoms with E-state index in [-0.39, 0.29) is 24.1 Å². The fourth-order valence-corrected chi connectivity index (χ4v) is 3.72. The van der Waals surface area contributed by atoms with Crippen LogP contribution in [-0.4, -0.2) is 39.5 Å². The first kappa shape index (κ1) is 24.7. The maximum Gasteiger partial charge on any atom is 0.416 e. The number of hydrogen-bond acceptors (Lipinski definition) is 5. The molecular formula is C21H24F3NO5S. The molecule has 6 nitrogen and oxygen atoms in total. The molecule has 0 atom stereocenters. The van der Waals surface area contributed by atoms with Crippen molar-refractivity contribution in [3.8, 4) is 5.75 Å². The highest BCUT2D eigenvalue weighted by atomic mass is 32.2. The highest BCUT2D eigenvalue weighted by Gasteiger charge is 2.32. The summed E-state index contributed by atoms with van der Waals surface area (Å²) in [5.41, 5.74) is -0.492. The van der Waals surface area contributed by atoms with Crippen LogP contribution < -0.4 is 4.18 Å². The molecular weight excluding hydrogens is 435 g/mol. The summed E-state index contributed by atoms with van der Waals surface area (Å²) in [5, 5.41) is 0. The first-order valence-corrected chi connectivity index (χ1v) is 10.8.